The summed E-state index contributed by atoms with van der Waals surface area (Å²) in [5, 5.41) is 2.55. The van der Waals surface area contributed by atoms with E-state index in [0.717, 1.165) is 15.0 Å². The van der Waals surface area contributed by atoms with E-state index in [1.54, 1.807) is 36.4 Å². The third-order valence-corrected chi connectivity index (χ3v) is 4.48. The Kier molecular flexibility index (Phi) is 4.83. The summed E-state index contributed by atoms with van der Waals surface area (Å²) in [6.07, 6.45) is 0.0910. The summed E-state index contributed by atoms with van der Waals surface area (Å²) in [6.45, 7) is 0. The molecule has 0 amide bonds. The Labute approximate surface area is 144 Å². The quantitative estimate of drug-likeness (QED) is 0.470. The van der Waals surface area contributed by atoms with Crippen molar-refractivity contribution in [3.8, 4) is 16.3 Å². The molecule has 0 bridgehead atoms. The molecule has 0 fully saturated rings. The zero-order chi connectivity index (χ0) is 16.2. The number of aromatic nitrogens is 1. The molecule has 3 nitrogen and oxygen atoms in total. The Hall–Kier alpha value is -2.05. The maximum atomic E-state index is 12.9. The number of thiazole rings is 1. The summed E-state index contributed by atoms with van der Waals surface area (Å²) in [5.74, 6) is -0.168. The van der Waals surface area contributed by atoms with Crippen molar-refractivity contribution in [1.29, 1.82) is 0 Å². The summed E-state index contributed by atoms with van der Waals surface area (Å²) in [6, 6.07) is 13.1. The lowest BCUT2D eigenvalue weighted by atomic mass is 10.2. The standard InChI is InChI=1S/C17H11BrFNO2S/c18-12-3-7-15(8-4-12)22-16(21)9-14-10-23-17(20-14)11-1-5-13(19)6-2-11/h1-8,10H,9H2. The Balaban J connectivity index is 1.65. The van der Waals surface area contributed by atoms with Gasteiger partial charge in [0.05, 0.1) is 12.1 Å². The molecule has 1 heterocycles. The van der Waals surface area contributed by atoms with E-state index < -0.39 is 0 Å². The number of carbonyl (C=O) groups excluding carboxylic acids is 1. The normalized spacial score (nSPS) is 10.5. The van der Waals surface area contributed by atoms with Gasteiger partial charge in [0.15, 0.2) is 0 Å². The van der Waals surface area contributed by atoms with Crippen molar-refractivity contribution in [2.45, 2.75) is 6.42 Å². The van der Waals surface area contributed by atoms with Gasteiger partial charge in [0.2, 0.25) is 0 Å². The number of ether oxygens (including phenoxy) is 1. The third kappa shape index (κ3) is 4.24. The van der Waals surface area contributed by atoms with Crippen LogP contribution < -0.4 is 4.74 Å². The Morgan fingerprint density at radius 1 is 1.13 bits per heavy atom. The molecule has 2 aromatic carbocycles. The maximum absolute atomic E-state index is 12.9. The second kappa shape index (κ2) is 7.02. The minimum Gasteiger partial charge on any atom is -0.426 e. The molecule has 116 valence electrons. The van der Waals surface area contributed by atoms with E-state index in [9.17, 15) is 9.18 Å². The van der Waals surface area contributed by atoms with Crippen LogP contribution in [0.15, 0.2) is 58.4 Å². The highest BCUT2D eigenvalue weighted by molar-refractivity contribution is 9.10. The van der Waals surface area contributed by atoms with E-state index in [1.165, 1.54) is 23.5 Å². The zero-order valence-electron chi connectivity index (χ0n) is 11.8. The molecule has 0 atom stereocenters. The van der Waals surface area contributed by atoms with Crippen molar-refractivity contribution in [2.75, 3.05) is 0 Å². The number of halogens is 2. The van der Waals surface area contributed by atoms with E-state index in [0.29, 0.717) is 11.4 Å². The molecule has 0 aliphatic rings. The highest BCUT2D eigenvalue weighted by atomic mass is 79.9. The van der Waals surface area contributed by atoms with E-state index in [2.05, 4.69) is 20.9 Å². The van der Waals surface area contributed by atoms with Gasteiger partial charge in [0, 0.05) is 15.4 Å². The summed E-state index contributed by atoms with van der Waals surface area (Å²) in [5.41, 5.74) is 1.46. The van der Waals surface area contributed by atoms with Crippen LogP contribution in [0.4, 0.5) is 4.39 Å². The van der Waals surface area contributed by atoms with Crippen molar-refractivity contribution in [3.63, 3.8) is 0 Å². The van der Waals surface area contributed by atoms with Gasteiger partial charge in [-0.15, -0.1) is 11.3 Å². The number of hydrogen-bond acceptors (Lipinski definition) is 4. The van der Waals surface area contributed by atoms with Gasteiger partial charge in [-0.1, -0.05) is 15.9 Å². The van der Waals surface area contributed by atoms with Crippen molar-refractivity contribution >= 4 is 33.2 Å². The molecular weight excluding hydrogens is 381 g/mol. The third-order valence-electron chi connectivity index (χ3n) is 3.01. The van der Waals surface area contributed by atoms with Gasteiger partial charge in [-0.25, -0.2) is 9.37 Å². The van der Waals surface area contributed by atoms with Gasteiger partial charge in [-0.2, -0.15) is 0 Å². The van der Waals surface area contributed by atoms with Crippen LogP contribution in [-0.4, -0.2) is 11.0 Å². The first kappa shape index (κ1) is 15.8. The van der Waals surface area contributed by atoms with Crippen LogP contribution in [-0.2, 0) is 11.2 Å². The van der Waals surface area contributed by atoms with Crippen molar-refractivity contribution in [1.82, 2.24) is 4.98 Å². The second-order valence-corrected chi connectivity index (χ2v) is 6.53. The van der Waals surface area contributed by atoms with Crippen LogP contribution >= 0.6 is 27.3 Å². The average Bonchev–Trinajstić information content (AvgIpc) is 2.98. The summed E-state index contributed by atoms with van der Waals surface area (Å²) >= 11 is 4.73. The van der Waals surface area contributed by atoms with Gasteiger partial charge >= 0.3 is 5.97 Å². The van der Waals surface area contributed by atoms with E-state index in [-0.39, 0.29) is 18.2 Å². The lowest BCUT2D eigenvalue weighted by Gasteiger charge is -2.02. The van der Waals surface area contributed by atoms with E-state index in [1.807, 2.05) is 5.38 Å². The minimum absolute atomic E-state index is 0.0910. The van der Waals surface area contributed by atoms with Crippen molar-refractivity contribution < 1.29 is 13.9 Å². The largest absolute Gasteiger partial charge is 0.426 e. The molecule has 1 aromatic heterocycles. The van der Waals surface area contributed by atoms with Crippen molar-refractivity contribution in [2.24, 2.45) is 0 Å². The van der Waals surface area contributed by atoms with Crippen LogP contribution in [0, 0.1) is 5.82 Å². The van der Waals surface area contributed by atoms with Crippen LogP contribution in [0.2, 0.25) is 0 Å². The Morgan fingerprint density at radius 2 is 1.83 bits per heavy atom. The first-order valence-corrected chi connectivity index (χ1v) is 8.44. The molecule has 0 aliphatic carbocycles. The fraction of sp³-hybridized carbons (Fsp3) is 0.0588. The predicted octanol–water partition coefficient (Wildman–Crippen LogP) is 4.86. The molecule has 6 heteroatoms. The van der Waals surface area contributed by atoms with Crippen LogP contribution in [0.3, 0.4) is 0 Å². The van der Waals surface area contributed by atoms with Gasteiger partial charge in [-0.05, 0) is 48.5 Å². The van der Waals surface area contributed by atoms with Gasteiger partial charge < -0.3 is 4.74 Å². The Bertz CT molecular complexity index is 815. The van der Waals surface area contributed by atoms with E-state index in [4.69, 9.17) is 4.74 Å². The topological polar surface area (TPSA) is 39.2 Å². The highest BCUT2D eigenvalue weighted by Gasteiger charge is 2.11. The fourth-order valence-electron chi connectivity index (χ4n) is 1.93. The Morgan fingerprint density at radius 3 is 2.52 bits per heavy atom. The average molecular weight is 392 g/mol. The van der Waals surface area contributed by atoms with Crippen LogP contribution in [0.1, 0.15) is 5.69 Å². The molecule has 0 radical (unpaired) electrons. The first-order chi connectivity index (χ1) is 11.1. The summed E-state index contributed by atoms with van der Waals surface area (Å²) in [7, 11) is 0. The number of benzene rings is 2. The van der Waals surface area contributed by atoms with Crippen LogP contribution in [0.5, 0.6) is 5.75 Å². The molecule has 0 N–H and O–H groups in total. The molecule has 0 saturated carbocycles. The summed E-state index contributed by atoms with van der Waals surface area (Å²) < 4.78 is 19.1. The number of carbonyl (C=O) groups is 1. The fourth-order valence-corrected chi connectivity index (χ4v) is 3.02. The number of nitrogens with zero attached hydrogens (tertiary/aromatic N) is 1. The molecule has 0 unspecified atom stereocenters. The molecule has 3 rings (SSSR count). The number of esters is 1. The molecule has 0 spiro atoms. The van der Waals surface area contributed by atoms with Gasteiger partial charge in [0.25, 0.3) is 0 Å². The molecule has 23 heavy (non-hydrogen) atoms. The van der Waals surface area contributed by atoms with Gasteiger partial charge in [0.1, 0.15) is 16.6 Å². The number of rotatable bonds is 4. The number of hydrogen-bond donors (Lipinski definition) is 0. The predicted molar refractivity (Wildman–Crippen MR) is 91.0 cm³/mol. The first-order valence-electron chi connectivity index (χ1n) is 6.77. The maximum Gasteiger partial charge on any atom is 0.317 e. The second-order valence-electron chi connectivity index (χ2n) is 4.76. The monoisotopic (exact) mass is 391 g/mol. The summed E-state index contributed by atoms with van der Waals surface area (Å²) in [4.78, 5) is 16.3. The van der Waals surface area contributed by atoms with Crippen molar-refractivity contribution in [3.05, 3.63) is 69.9 Å². The highest BCUT2D eigenvalue weighted by Crippen LogP contribution is 2.24. The molecule has 3 aromatic rings. The molecule has 0 aliphatic heterocycles. The minimum atomic E-state index is -0.372. The van der Waals surface area contributed by atoms with Crippen LogP contribution in [0.25, 0.3) is 10.6 Å². The van der Waals surface area contributed by atoms with Gasteiger partial charge in [-0.3, -0.25) is 4.79 Å². The van der Waals surface area contributed by atoms with E-state index >= 15 is 0 Å². The SMILES string of the molecule is O=C(Cc1csc(-c2ccc(F)cc2)n1)Oc1ccc(Br)cc1. The molecule has 0 saturated heterocycles. The zero-order valence-corrected chi connectivity index (χ0v) is 14.2. The lowest BCUT2D eigenvalue weighted by molar-refractivity contribution is -0.133. The lowest BCUT2D eigenvalue weighted by Crippen LogP contribution is -2.11. The molecular formula is C17H11BrFNO2S. The smallest absolute Gasteiger partial charge is 0.317 e.